The monoisotopic (exact) mass is 201 g/mol. The summed E-state index contributed by atoms with van der Waals surface area (Å²) in [4.78, 5) is 0. The van der Waals surface area contributed by atoms with E-state index in [1.807, 2.05) is 7.05 Å². The van der Waals surface area contributed by atoms with Crippen LogP contribution in [0.25, 0.3) is 0 Å². The molecule has 0 fully saturated rings. The topological polar surface area (TPSA) is 12.0 Å². The van der Waals surface area contributed by atoms with Gasteiger partial charge in [0.1, 0.15) is 0 Å². The average Bonchev–Trinajstić information content (AvgIpc) is 2.30. The highest BCUT2D eigenvalue weighted by atomic mass is 14.9. The molecule has 3 atom stereocenters. The standard InChI is InChI=1S/C14H19N/c1-11-7-3-4-8-12(11)13-9-5-6-10-14(13)15-2/h3-7,9-10,12-15H,8H2,1-2H3. The van der Waals surface area contributed by atoms with Crippen LogP contribution in [0.2, 0.25) is 0 Å². The van der Waals surface area contributed by atoms with Gasteiger partial charge in [0.15, 0.2) is 0 Å². The van der Waals surface area contributed by atoms with Gasteiger partial charge in [-0.05, 0) is 26.3 Å². The van der Waals surface area contributed by atoms with Gasteiger partial charge in [-0.15, -0.1) is 0 Å². The van der Waals surface area contributed by atoms with Gasteiger partial charge in [-0.1, -0.05) is 48.1 Å². The van der Waals surface area contributed by atoms with Crippen LogP contribution in [0.4, 0.5) is 0 Å². The predicted molar refractivity (Wildman–Crippen MR) is 65.6 cm³/mol. The van der Waals surface area contributed by atoms with E-state index in [0.717, 1.165) is 0 Å². The molecule has 0 aromatic rings. The smallest absolute Gasteiger partial charge is 0.0319 e. The summed E-state index contributed by atoms with van der Waals surface area (Å²) in [5, 5.41) is 3.38. The fourth-order valence-electron chi connectivity index (χ4n) is 2.51. The lowest BCUT2D eigenvalue weighted by Gasteiger charge is -2.32. The molecule has 0 saturated heterocycles. The van der Waals surface area contributed by atoms with E-state index < -0.39 is 0 Å². The van der Waals surface area contributed by atoms with Crippen molar-refractivity contribution in [2.75, 3.05) is 7.05 Å². The van der Waals surface area contributed by atoms with Gasteiger partial charge in [0, 0.05) is 12.0 Å². The molecule has 0 saturated carbocycles. The molecule has 1 heteroatoms. The van der Waals surface area contributed by atoms with Gasteiger partial charge in [-0.3, -0.25) is 0 Å². The molecule has 1 N–H and O–H groups in total. The molecular formula is C14H19N. The van der Waals surface area contributed by atoms with E-state index in [4.69, 9.17) is 0 Å². The maximum Gasteiger partial charge on any atom is 0.0319 e. The molecule has 2 aliphatic rings. The first-order chi connectivity index (χ1) is 7.33. The van der Waals surface area contributed by atoms with Crippen molar-refractivity contribution >= 4 is 0 Å². The van der Waals surface area contributed by atoms with Crippen LogP contribution in [-0.4, -0.2) is 13.1 Å². The lowest BCUT2D eigenvalue weighted by molar-refractivity contribution is 0.381. The van der Waals surface area contributed by atoms with Gasteiger partial charge >= 0.3 is 0 Å². The Labute approximate surface area is 92.3 Å². The van der Waals surface area contributed by atoms with Crippen LogP contribution >= 0.6 is 0 Å². The molecule has 3 unspecified atom stereocenters. The molecule has 2 rings (SSSR count). The molecule has 0 amide bonds. The van der Waals surface area contributed by atoms with Gasteiger partial charge in [-0.2, -0.15) is 0 Å². The summed E-state index contributed by atoms with van der Waals surface area (Å²) in [7, 11) is 2.04. The van der Waals surface area contributed by atoms with Crippen LogP contribution < -0.4 is 5.32 Å². The first-order valence-corrected chi connectivity index (χ1v) is 5.68. The minimum atomic E-state index is 0.481. The third-order valence-corrected chi connectivity index (χ3v) is 3.45. The van der Waals surface area contributed by atoms with E-state index in [2.05, 4.69) is 54.8 Å². The fourth-order valence-corrected chi connectivity index (χ4v) is 2.51. The normalized spacial score (nSPS) is 34.3. The summed E-state index contributed by atoms with van der Waals surface area (Å²) in [6.07, 6.45) is 16.8. The zero-order valence-corrected chi connectivity index (χ0v) is 9.48. The highest BCUT2D eigenvalue weighted by molar-refractivity contribution is 5.26. The van der Waals surface area contributed by atoms with Crippen molar-refractivity contribution in [2.45, 2.75) is 19.4 Å². The van der Waals surface area contributed by atoms with Gasteiger partial charge in [0.05, 0.1) is 0 Å². The van der Waals surface area contributed by atoms with Crippen LogP contribution in [0.1, 0.15) is 13.3 Å². The molecule has 0 aromatic heterocycles. The van der Waals surface area contributed by atoms with Gasteiger partial charge < -0.3 is 5.32 Å². The van der Waals surface area contributed by atoms with E-state index in [0.29, 0.717) is 17.9 Å². The van der Waals surface area contributed by atoms with Crippen LogP contribution in [0.5, 0.6) is 0 Å². The molecule has 0 spiro atoms. The van der Waals surface area contributed by atoms with Crippen molar-refractivity contribution in [3.63, 3.8) is 0 Å². The first kappa shape index (κ1) is 10.4. The predicted octanol–water partition coefficient (Wildman–Crippen LogP) is 2.84. The van der Waals surface area contributed by atoms with Crippen LogP contribution in [0.15, 0.2) is 48.1 Å². The number of hydrogen-bond acceptors (Lipinski definition) is 1. The quantitative estimate of drug-likeness (QED) is 0.724. The summed E-state index contributed by atoms with van der Waals surface area (Å²) in [5.74, 6) is 1.26. The van der Waals surface area contributed by atoms with Crippen LogP contribution in [0.3, 0.4) is 0 Å². The van der Waals surface area contributed by atoms with Gasteiger partial charge in [0.25, 0.3) is 0 Å². The Kier molecular flexibility index (Phi) is 3.22. The maximum absolute atomic E-state index is 3.38. The molecule has 2 aliphatic carbocycles. The second-order valence-corrected chi connectivity index (χ2v) is 4.34. The lowest BCUT2D eigenvalue weighted by Crippen LogP contribution is -2.36. The van der Waals surface area contributed by atoms with Gasteiger partial charge in [-0.25, -0.2) is 0 Å². The van der Waals surface area contributed by atoms with Crippen LogP contribution in [0, 0.1) is 11.8 Å². The van der Waals surface area contributed by atoms with Crippen LogP contribution in [-0.2, 0) is 0 Å². The number of hydrogen-bond donors (Lipinski definition) is 1. The second kappa shape index (κ2) is 4.63. The van der Waals surface area contributed by atoms with Crippen molar-refractivity contribution in [3.05, 3.63) is 48.1 Å². The summed E-state index contributed by atoms with van der Waals surface area (Å²) in [5.41, 5.74) is 1.50. The Balaban J connectivity index is 2.16. The Morgan fingerprint density at radius 1 is 1.20 bits per heavy atom. The fraction of sp³-hybridized carbons (Fsp3) is 0.429. The van der Waals surface area contributed by atoms with Gasteiger partial charge in [0.2, 0.25) is 0 Å². The number of allylic oxidation sites excluding steroid dienone is 6. The third-order valence-electron chi connectivity index (χ3n) is 3.45. The van der Waals surface area contributed by atoms with E-state index in [1.54, 1.807) is 0 Å². The molecule has 0 aliphatic heterocycles. The minimum Gasteiger partial charge on any atom is -0.313 e. The average molecular weight is 201 g/mol. The van der Waals surface area contributed by atoms with E-state index in [9.17, 15) is 0 Å². The van der Waals surface area contributed by atoms with Crippen molar-refractivity contribution < 1.29 is 0 Å². The molecule has 0 radical (unpaired) electrons. The summed E-state index contributed by atoms with van der Waals surface area (Å²) < 4.78 is 0. The molecule has 15 heavy (non-hydrogen) atoms. The zero-order valence-electron chi connectivity index (χ0n) is 9.48. The summed E-state index contributed by atoms with van der Waals surface area (Å²) in [6, 6.07) is 0.481. The molecule has 80 valence electrons. The van der Waals surface area contributed by atoms with E-state index in [-0.39, 0.29) is 0 Å². The summed E-state index contributed by atoms with van der Waals surface area (Å²) in [6.45, 7) is 2.24. The Bertz CT molecular complexity index is 333. The zero-order chi connectivity index (χ0) is 10.7. The molecule has 1 nitrogen and oxygen atoms in total. The Morgan fingerprint density at radius 3 is 2.73 bits per heavy atom. The largest absolute Gasteiger partial charge is 0.313 e. The third kappa shape index (κ3) is 2.13. The maximum atomic E-state index is 3.38. The van der Waals surface area contributed by atoms with E-state index in [1.165, 1.54) is 12.0 Å². The van der Waals surface area contributed by atoms with Crippen molar-refractivity contribution in [3.8, 4) is 0 Å². The highest BCUT2D eigenvalue weighted by Gasteiger charge is 2.27. The number of nitrogens with one attached hydrogen (secondary N) is 1. The van der Waals surface area contributed by atoms with Crippen molar-refractivity contribution in [2.24, 2.45) is 11.8 Å². The lowest BCUT2D eigenvalue weighted by atomic mass is 9.76. The summed E-state index contributed by atoms with van der Waals surface area (Å²) >= 11 is 0. The number of rotatable bonds is 2. The Hall–Kier alpha value is -1.08. The minimum absolute atomic E-state index is 0.481. The SMILES string of the molecule is CNC1C=CC=CC1C1CC=CC=C1C. The highest BCUT2D eigenvalue weighted by Crippen LogP contribution is 2.32. The number of likely N-dealkylation sites (N-methyl/N-ethyl adjacent to an activating group) is 1. The second-order valence-electron chi connectivity index (χ2n) is 4.34. The Morgan fingerprint density at radius 2 is 2.00 bits per heavy atom. The van der Waals surface area contributed by atoms with E-state index >= 15 is 0 Å². The molecular weight excluding hydrogens is 182 g/mol. The van der Waals surface area contributed by atoms with Crippen molar-refractivity contribution in [1.82, 2.24) is 5.32 Å². The van der Waals surface area contributed by atoms with Crippen molar-refractivity contribution in [1.29, 1.82) is 0 Å². The molecule has 0 bridgehead atoms. The molecule has 0 aromatic carbocycles. The first-order valence-electron chi connectivity index (χ1n) is 5.68. The molecule has 0 heterocycles.